The Morgan fingerprint density at radius 3 is 2.52 bits per heavy atom. The minimum Gasteiger partial charge on any atom is -0.497 e. The molecular formula is C19H18N4O5S. The summed E-state index contributed by atoms with van der Waals surface area (Å²) in [6.07, 6.45) is 0. The van der Waals surface area contributed by atoms with E-state index in [9.17, 15) is 4.79 Å². The highest BCUT2D eigenvalue weighted by atomic mass is 32.2. The molecule has 0 amide bonds. The van der Waals surface area contributed by atoms with Gasteiger partial charge in [0.2, 0.25) is 5.16 Å². The van der Waals surface area contributed by atoms with Gasteiger partial charge in [-0.1, -0.05) is 11.8 Å². The number of aromatic nitrogens is 4. The number of fused-ring (bicyclic) bond motifs is 1. The Hall–Kier alpha value is -3.27. The minimum atomic E-state index is -0.0650. The summed E-state index contributed by atoms with van der Waals surface area (Å²) in [5, 5.41) is 12.3. The van der Waals surface area contributed by atoms with Gasteiger partial charge in [-0.05, 0) is 28.6 Å². The van der Waals surface area contributed by atoms with Crippen molar-refractivity contribution in [1.82, 2.24) is 20.2 Å². The summed E-state index contributed by atoms with van der Waals surface area (Å²) < 4.78 is 23.1. The van der Waals surface area contributed by atoms with Crippen molar-refractivity contribution < 1.29 is 23.7 Å². The van der Waals surface area contributed by atoms with E-state index in [4.69, 9.17) is 18.9 Å². The number of hydrogen-bond acceptors (Lipinski definition) is 9. The first-order valence-electron chi connectivity index (χ1n) is 8.75. The highest BCUT2D eigenvalue weighted by Crippen LogP contribution is 2.32. The number of ether oxygens (including phenoxy) is 4. The first kappa shape index (κ1) is 19.1. The average Bonchev–Trinajstić information content (AvgIpc) is 3.25. The number of carbonyl (C=O) groups excluding carboxylic acids is 1. The fourth-order valence-corrected chi connectivity index (χ4v) is 3.56. The van der Waals surface area contributed by atoms with Gasteiger partial charge >= 0.3 is 0 Å². The van der Waals surface area contributed by atoms with E-state index in [1.165, 1.54) is 16.4 Å². The molecule has 0 spiro atoms. The number of tetrazole rings is 1. The molecule has 10 heteroatoms. The molecule has 1 aromatic heterocycles. The Morgan fingerprint density at radius 1 is 1.07 bits per heavy atom. The molecule has 9 nitrogen and oxygen atoms in total. The van der Waals surface area contributed by atoms with Gasteiger partial charge in [0, 0.05) is 23.8 Å². The third kappa shape index (κ3) is 4.11. The van der Waals surface area contributed by atoms with Crippen LogP contribution >= 0.6 is 11.8 Å². The third-order valence-electron chi connectivity index (χ3n) is 4.22. The van der Waals surface area contributed by atoms with E-state index in [1.807, 2.05) is 0 Å². The predicted octanol–water partition coefficient (Wildman–Crippen LogP) is 2.43. The molecule has 29 heavy (non-hydrogen) atoms. The molecule has 0 fully saturated rings. The van der Waals surface area contributed by atoms with Gasteiger partial charge in [0.05, 0.1) is 25.7 Å². The molecule has 0 N–H and O–H groups in total. The molecule has 2 aromatic carbocycles. The van der Waals surface area contributed by atoms with E-state index in [1.54, 1.807) is 50.6 Å². The second-order valence-corrected chi connectivity index (χ2v) is 6.96. The van der Waals surface area contributed by atoms with Gasteiger partial charge < -0.3 is 18.9 Å². The lowest BCUT2D eigenvalue weighted by Gasteiger charge is -2.18. The summed E-state index contributed by atoms with van der Waals surface area (Å²) in [4.78, 5) is 12.6. The van der Waals surface area contributed by atoms with E-state index < -0.39 is 0 Å². The van der Waals surface area contributed by atoms with E-state index >= 15 is 0 Å². The predicted molar refractivity (Wildman–Crippen MR) is 105 cm³/mol. The monoisotopic (exact) mass is 414 g/mol. The second-order valence-electron chi connectivity index (χ2n) is 6.01. The summed E-state index contributed by atoms with van der Waals surface area (Å²) in [5.41, 5.74) is 1.21. The molecule has 0 bridgehead atoms. The minimum absolute atomic E-state index is 0.0650. The van der Waals surface area contributed by atoms with Crippen LogP contribution in [0.5, 0.6) is 23.0 Å². The van der Waals surface area contributed by atoms with Crippen LogP contribution in [0.25, 0.3) is 5.69 Å². The van der Waals surface area contributed by atoms with Crippen LogP contribution in [0.3, 0.4) is 0 Å². The number of hydrogen-bond donors (Lipinski definition) is 0. The van der Waals surface area contributed by atoms with Crippen molar-refractivity contribution in [2.24, 2.45) is 0 Å². The lowest BCUT2D eigenvalue weighted by atomic mass is 10.1. The maximum absolute atomic E-state index is 12.6. The quantitative estimate of drug-likeness (QED) is 0.426. The fraction of sp³-hybridized carbons (Fsp3) is 0.263. The average molecular weight is 414 g/mol. The standard InChI is InChI=1S/C19H18N4O5S/c1-25-14-8-13(9-15(10-14)26-2)23-19(20-21-22-23)29-11-16(24)12-3-4-17-18(7-12)28-6-5-27-17/h3-4,7-10H,5-6,11H2,1-2H3. The van der Waals surface area contributed by atoms with E-state index in [-0.39, 0.29) is 11.5 Å². The van der Waals surface area contributed by atoms with Crippen molar-refractivity contribution in [3.05, 3.63) is 42.0 Å². The van der Waals surface area contributed by atoms with Crippen LogP contribution in [0.4, 0.5) is 0 Å². The van der Waals surface area contributed by atoms with Gasteiger partial charge in [-0.15, -0.1) is 5.10 Å². The zero-order valence-corrected chi connectivity index (χ0v) is 16.6. The summed E-state index contributed by atoms with van der Waals surface area (Å²) in [5.74, 6) is 2.55. The number of thioether (sulfide) groups is 1. The van der Waals surface area contributed by atoms with E-state index in [0.29, 0.717) is 52.6 Å². The number of rotatable bonds is 7. The number of nitrogens with zero attached hydrogens (tertiary/aromatic N) is 4. The molecule has 0 saturated heterocycles. The Balaban J connectivity index is 1.51. The van der Waals surface area contributed by atoms with Gasteiger partial charge in [0.25, 0.3) is 0 Å². The summed E-state index contributed by atoms with van der Waals surface area (Å²) >= 11 is 1.24. The molecule has 0 atom stereocenters. The molecule has 1 aliphatic heterocycles. The van der Waals surface area contributed by atoms with Crippen molar-refractivity contribution in [2.45, 2.75) is 5.16 Å². The summed E-state index contributed by atoms with van der Waals surface area (Å²) in [6.45, 7) is 0.978. The normalized spacial score (nSPS) is 12.5. The van der Waals surface area contributed by atoms with E-state index in [0.717, 1.165) is 0 Å². The highest BCUT2D eigenvalue weighted by molar-refractivity contribution is 7.99. The topological polar surface area (TPSA) is 97.6 Å². The maximum atomic E-state index is 12.6. The lowest BCUT2D eigenvalue weighted by molar-refractivity contribution is 0.102. The second kappa shape index (κ2) is 8.39. The molecule has 0 unspecified atom stereocenters. The van der Waals surface area contributed by atoms with Crippen LogP contribution in [0, 0.1) is 0 Å². The fourth-order valence-electron chi connectivity index (χ4n) is 2.78. The first-order valence-corrected chi connectivity index (χ1v) is 9.74. The smallest absolute Gasteiger partial charge is 0.214 e. The van der Waals surface area contributed by atoms with Crippen LogP contribution in [-0.2, 0) is 0 Å². The van der Waals surface area contributed by atoms with Crippen molar-refractivity contribution in [2.75, 3.05) is 33.2 Å². The number of benzene rings is 2. The zero-order chi connectivity index (χ0) is 20.2. The van der Waals surface area contributed by atoms with Crippen molar-refractivity contribution in [3.63, 3.8) is 0 Å². The van der Waals surface area contributed by atoms with Crippen molar-refractivity contribution in [3.8, 4) is 28.7 Å². The third-order valence-corrected chi connectivity index (χ3v) is 5.14. The molecule has 3 aromatic rings. The summed E-state index contributed by atoms with van der Waals surface area (Å²) in [6, 6.07) is 10.5. The lowest BCUT2D eigenvalue weighted by Crippen LogP contribution is -2.16. The van der Waals surface area contributed by atoms with Crippen LogP contribution in [0.15, 0.2) is 41.6 Å². The van der Waals surface area contributed by atoms with Gasteiger partial charge in [-0.3, -0.25) is 4.79 Å². The van der Waals surface area contributed by atoms with Crippen molar-refractivity contribution in [1.29, 1.82) is 0 Å². The van der Waals surface area contributed by atoms with Crippen LogP contribution in [0.1, 0.15) is 10.4 Å². The van der Waals surface area contributed by atoms with Gasteiger partial charge in [-0.25, -0.2) is 0 Å². The number of Topliss-reactive ketones (excluding diaryl/α,β-unsaturated/α-hetero) is 1. The van der Waals surface area contributed by atoms with Crippen LogP contribution in [-0.4, -0.2) is 59.2 Å². The Bertz CT molecular complexity index is 1020. The Labute approximate surface area is 170 Å². The maximum Gasteiger partial charge on any atom is 0.214 e. The Morgan fingerprint density at radius 2 is 1.79 bits per heavy atom. The zero-order valence-electron chi connectivity index (χ0n) is 15.8. The highest BCUT2D eigenvalue weighted by Gasteiger charge is 2.17. The Kier molecular flexibility index (Phi) is 5.52. The van der Waals surface area contributed by atoms with Crippen molar-refractivity contribution >= 4 is 17.5 Å². The SMILES string of the molecule is COc1cc(OC)cc(-n2nnnc2SCC(=O)c2ccc3c(c2)OCCO3)c1. The van der Waals surface area contributed by atoms with Gasteiger partial charge in [0.15, 0.2) is 17.3 Å². The molecule has 1 aliphatic rings. The van der Waals surface area contributed by atoms with Crippen LogP contribution in [0.2, 0.25) is 0 Å². The number of ketones is 1. The van der Waals surface area contributed by atoms with Gasteiger partial charge in [0.1, 0.15) is 24.7 Å². The van der Waals surface area contributed by atoms with Crippen LogP contribution < -0.4 is 18.9 Å². The molecule has 0 aliphatic carbocycles. The van der Waals surface area contributed by atoms with Gasteiger partial charge in [-0.2, -0.15) is 4.68 Å². The molecular weight excluding hydrogens is 396 g/mol. The summed E-state index contributed by atoms with van der Waals surface area (Å²) in [7, 11) is 3.14. The molecule has 0 radical (unpaired) electrons. The number of methoxy groups -OCH3 is 2. The molecule has 4 rings (SSSR count). The number of carbonyl (C=O) groups is 1. The first-order chi connectivity index (χ1) is 14.2. The molecule has 2 heterocycles. The largest absolute Gasteiger partial charge is 0.497 e. The molecule has 150 valence electrons. The molecule has 0 saturated carbocycles. The van der Waals surface area contributed by atoms with E-state index in [2.05, 4.69) is 15.5 Å².